The Labute approximate surface area is 476 Å². The molecule has 8 heteroatoms. The molecule has 0 aliphatic heterocycles. The molecule has 0 spiro atoms. The minimum atomic E-state index is -0.488. The third-order valence-electron chi connectivity index (χ3n) is 19.0. The Bertz CT molecular complexity index is 3190. The molecule has 0 aromatic heterocycles. The molecule has 7 atom stereocenters. The zero-order valence-corrected chi connectivity index (χ0v) is 49.9. The quantitative estimate of drug-likeness (QED) is 0.0349. The van der Waals surface area contributed by atoms with Gasteiger partial charge < -0.3 is 18.9 Å². The molecule has 4 bridgehead atoms. The van der Waals surface area contributed by atoms with Crippen LogP contribution in [0.1, 0.15) is 152 Å². The van der Waals surface area contributed by atoms with E-state index in [4.69, 9.17) is 18.9 Å². The van der Waals surface area contributed by atoms with Gasteiger partial charge in [0.05, 0.1) is 21.7 Å². The van der Waals surface area contributed by atoms with E-state index in [1.165, 1.54) is 42.9 Å². The highest BCUT2D eigenvalue weighted by molar-refractivity contribution is 6.07. The van der Waals surface area contributed by atoms with E-state index in [-0.39, 0.29) is 40.8 Å². The van der Waals surface area contributed by atoms with Crippen molar-refractivity contribution in [3.05, 3.63) is 151 Å². The highest BCUT2D eigenvalue weighted by atomic mass is 16.6. The number of carbonyl (C=O) groups excluding carboxylic acids is 4. The smallest absolute Gasteiger partial charge is 0.316 e. The van der Waals surface area contributed by atoms with Crippen LogP contribution < -0.4 is 4.74 Å². The fraction of sp³-hybridized carbons (Fsp3) is 0.472. The molecule has 0 saturated heterocycles. The van der Waals surface area contributed by atoms with Gasteiger partial charge in [0.25, 0.3) is 0 Å². The van der Waals surface area contributed by atoms with Crippen LogP contribution in [0, 0.1) is 57.2 Å². The van der Waals surface area contributed by atoms with Crippen LogP contribution in [0.15, 0.2) is 140 Å². The molecule has 4 aliphatic carbocycles. The molecule has 0 radical (unpaired) electrons. The van der Waals surface area contributed by atoms with Gasteiger partial charge in [0.15, 0.2) is 0 Å². The van der Waals surface area contributed by atoms with E-state index in [1.54, 1.807) is 0 Å². The molecular weight excluding hydrogens is 993 g/mol. The zero-order chi connectivity index (χ0) is 57.6. The number of benzene rings is 7. The average Bonchev–Trinajstić information content (AvgIpc) is 4.49. The van der Waals surface area contributed by atoms with Crippen molar-refractivity contribution in [2.75, 3.05) is 0 Å². The summed E-state index contributed by atoms with van der Waals surface area (Å²) in [5, 5.41) is 8.75. The van der Waals surface area contributed by atoms with E-state index in [0.29, 0.717) is 24.9 Å². The van der Waals surface area contributed by atoms with Gasteiger partial charge in [0.2, 0.25) is 0 Å². The van der Waals surface area contributed by atoms with E-state index < -0.39 is 10.8 Å². The van der Waals surface area contributed by atoms with Gasteiger partial charge in [-0.05, 0) is 199 Å². The van der Waals surface area contributed by atoms with Crippen LogP contribution in [0.25, 0.3) is 43.1 Å². The standard InChI is InChI=1S/C21H22O2.C20H20O2.C18H28O2.C13H18O2/c1-4-21(2,3)20(22)23-14-19-17-11-7-5-9-15(17)13-16-10-6-8-12-18(16)19;1-4-20(2,3)19(21)22-18-16-11-7-5-9-14(16)13-15-10-6-8-12-17(15)18;1-4-18(2,3)17(19)20-14-9-12-8-13(14)16-11-6-5-10(7-11)15(12)16;1-4-13(2,3)12(14)15-10-11-8-6-5-7-9-11/h5-13H,4,14H2,1-3H3;5-13H,4H2,1-3H3;10-16H,4-9H2,1-3H3;5-9H,4,10H2,1-3H3. The maximum Gasteiger partial charge on any atom is 0.316 e. The van der Waals surface area contributed by atoms with Gasteiger partial charge in [0.1, 0.15) is 25.1 Å². The van der Waals surface area contributed by atoms with Crippen LogP contribution in [0.4, 0.5) is 0 Å². The Balaban J connectivity index is 0.000000142. The summed E-state index contributed by atoms with van der Waals surface area (Å²) < 4.78 is 22.7. The van der Waals surface area contributed by atoms with Crippen molar-refractivity contribution in [2.24, 2.45) is 57.2 Å². The molecule has 0 N–H and O–H groups in total. The van der Waals surface area contributed by atoms with Crippen LogP contribution in [0.5, 0.6) is 5.75 Å². The molecule has 0 amide bonds. The van der Waals surface area contributed by atoms with Crippen LogP contribution in [0.3, 0.4) is 0 Å². The fourth-order valence-corrected chi connectivity index (χ4v) is 12.3. The summed E-state index contributed by atoms with van der Waals surface area (Å²) in [6.45, 7) is 24.3. The number of esters is 4. The molecule has 4 saturated carbocycles. The van der Waals surface area contributed by atoms with Gasteiger partial charge in [0, 0.05) is 16.3 Å². The third-order valence-corrected chi connectivity index (χ3v) is 19.0. The lowest BCUT2D eigenvalue weighted by Gasteiger charge is -2.39. The average molecular weight is 1080 g/mol. The predicted molar refractivity (Wildman–Crippen MR) is 325 cm³/mol. The number of rotatable bonds is 14. The topological polar surface area (TPSA) is 105 Å². The van der Waals surface area contributed by atoms with Crippen molar-refractivity contribution >= 4 is 67.0 Å². The zero-order valence-electron chi connectivity index (χ0n) is 49.9. The number of carbonyl (C=O) groups is 4. The SMILES string of the molecule is CCC(C)(C)C(=O)OC1CC2CC1C1C3CCC(C3)C21.CCC(C)(C)C(=O)OCc1c2ccccc2cc2ccccc12.CCC(C)(C)C(=O)OCc1ccccc1.CCC(C)(C)C(=O)Oc1c2ccccc2cc2ccccc12. The Morgan fingerprint density at radius 2 is 0.825 bits per heavy atom. The molecule has 7 unspecified atom stereocenters. The van der Waals surface area contributed by atoms with Crippen LogP contribution in [-0.2, 0) is 46.6 Å². The van der Waals surface area contributed by atoms with Crippen LogP contribution in [0.2, 0.25) is 0 Å². The van der Waals surface area contributed by atoms with Crippen molar-refractivity contribution in [3.8, 4) is 5.75 Å². The Hall–Kier alpha value is -6.54. The highest BCUT2D eigenvalue weighted by Gasteiger charge is 2.63. The van der Waals surface area contributed by atoms with Gasteiger partial charge in [-0.1, -0.05) is 155 Å². The number of hydrogen-bond acceptors (Lipinski definition) is 8. The first-order valence-corrected chi connectivity index (χ1v) is 29.7. The number of fused-ring (bicyclic) bond motifs is 13. The fourth-order valence-electron chi connectivity index (χ4n) is 12.3. The Morgan fingerprint density at radius 1 is 0.425 bits per heavy atom. The largest absolute Gasteiger partial charge is 0.462 e. The van der Waals surface area contributed by atoms with Gasteiger partial charge in [-0.3, -0.25) is 19.2 Å². The summed E-state index contributed by atoms with van der Waals surface area (Å²) in [5.41, 5.74) is 0.486. The van der Waals surface area contributed by atoms with E-state index in [1.807, 2.05) is 179 Å². The van der Waals surface area contributed by atoms with Crippen molar-refractivity contribution in [3.63, 3.8) is 0 Å². The monoisotopic (exact) mass is 1080 g/mol. The minimum Gasteiger partial charge on any atom is -0.462 e. The number of hydrogen-bond donors (Lipinski definition) is 0. The van der Waals surface area contributed by atoms with Gasteiger partial charge in [-0.25, -0.2) is 0 Å². The maximum absolute atomic E-state index is 12.5. The lowest BCUT2D eigenvalue weighted by Crippen LogP contribution is -2.39. The summed E-state index contributed by atoms with van der Waals surface area (Å²) in [4.78, 5) is 48.9. The molecule has 7 aromatic rings. The van der Waals surface area contributed by atoms with Crippen molar-refractivity contribution in [2.45, 2.75) is 160 Å². The van der Waals surface area contributed by atoms with Gasteiger partial charge in [-0.15, -0.1) is 0 Å². The van der Waals surface area contributed by atoms with Crippen molar-refractivity contribution in [1.29, 1.82) is 0 Å². The summed E-state index contributed by atoms with van der Waals surface area (Å²) in [5.74, 6) is 5.76. The van der Waals surface area contributed by atoms with Crippen molar-refractivity contribution < 1.29 is 38.1 Å². The lowest BCUT2D eigenvalue weighted by molar-refractivity contribution is -0.164. The molecule has 8 nitrogen and oxygen atoms in total. The van der Waals surface area contributed by atoms with E-state index in [9.17, 15) is 19.2 Å². The molecule has 4 aliphatic rings. The Morgan fingerprint density at radius 3 is 1.31 bits per heavy atom. The van der Waals surface area contributed by atoms with Crippen molar-refractivity contribution in [1.82, 2.24) is 0 Å². The first-order chi connectivity index (χ1) is 38.1. The van der Waals surface area contributed by atoms with E-state index >= 15 is 0 Å². The van der Waals surface area contributed by atoms with E-state index in [0.717, 1.165) is 98.7 Å². The first-order valence-electron chi connectivity index (χ1n) is 29.7. The summed E-state index contributed by atoms with van der Waals surface area (Å²) in [7, 11) is 0. The maximum atomic E-state index is 12.5. The molecule has 11 rings (SSSR count). The third kappa shape index (κ3) is 13.1. The Kier molecular flexibility index (Phi) is 18.7. The highest BCUT2D eigenvalue weighted by Crippen LogP contribution is 2.68. The molecule has 80 heavy (non-hydrogen) atoms. The first kappa shape index (κ1) is 59.6. The summed E-state index contributed by atoms with van der Waals surface area (Å²) in [6, 6.07) is 46.6. The summed E-state index contributed by atoms with van der Waals surface area (Å²) in [6.07, 6.45) is 10.4. The predicted octanol–water partition coefficient (Wildman–Crippen LogP) is 18.0. The summed E-state index contributed by atoms with van der Waals surface area (Å²) >= 11 is 0. The second-order valence-corrected chi connectivity index (χ2v) is 25.7. The second kappa shape index (κ2) is 25.1. The minimum absolute atomic E-state index is 0.0391. The van der Waals surface area contributed by atoms with Gasteiger partial charge >= 0.3 is 23.9 Å². The van der Waals surface area contributed by atoms with Gasteiger partial charge in [-0.2, -0.15) is 0 Å². The molecule has 424 valence electrons. The van der Waals surface area contributed by atoms with Crippen LogP contribution >= 0.6 is 0 Å². The van der Waals surface area contributed by atoms with E-state index in [2.05, 4.69) is 43.3 Å². The van der Waals surface area contributed by atoms with Crippen LogP contribution in [-0.4, -0.2) is 30.0 Å². The molecule has 4 fully saturated rings. The molecule has 0 heterocycles. The normalized spacial score (nSPS) is 20.9. The lowest BCUT2D eigenvalue weighted by atomic mass is 9.70. The molecule has 7 aromatic carbocycles. The second-order valence-electron chi connectivity index (χ2n) is 25.7. The number of ether oxygens (including phenoxy) is 4. The molecular formula is C72H88O8.